The summed E-state index contributed by atoms with van der Waals surface area (Å²) in [5.74, 6) is -5.59. The molecule has 1 aliphatic rings. The van der Waals surface area contributed by atoms with Crippen molar-refractivity contribution in [2.75, 3.05) is 5.32 Å². The first-order valence-electron chi connectivity index (χ1n) is 8.00. The second-order valence-corrected chi connectivity index (χ2v) is 6.16. The summed E-state index contributed by atoms with van der Waals surface area (Å²) >= 11 is 0. The maximum atomic E-state index is 13.4. The lowest BCUT2D eigenvalue weighted by Crippen LogP contribution is -2.45. The number of aromatic nitrogens is 2. The van der Waals surface area contributed by atoms with E-state index in [-0.39, 0.29) is 17.1 Å². The number of nitrogens with zero attached hydrogens (tertiary/aromatic N) is 2. The average Bonchev–Trinajstić information content (AvgIpc) is 2.99. The van der Waals surface area contributed by atoms with Gasteiger partial charge in [-0.2, -0.15) is 27.1 Å². The molecule has 0 saturated carbocycles. The Labute approximate surface area is 154 Å². The summed E-state index contributed by atoms with van der Waals surface area (Å²) in [6.45, 7) is 0.982. The van der Waals surface area contributed by atoms with E-state index < -0.39 is 42.6 Å². The van der Waals surface area contributed by atoms with Crippen molar-refractivity contribution < 1.29 is 37.0 Å². The lowest BCUT2D eigenvalue weighted by Gasteiger charge is -2.25. The molecule has 4 N–H and O–H groups in total. The van der Waals surface area contributed by atoms with Gasteiger partial charge in [0.15, 0.2) is 0 Å². The van der Waals surface area contributed by atoms with Gasteiger partial charge in [0.25, 0.3) is 5.91 Å². The van der Waals surface area contributed by atoms with Crippen LogP contribution in [0.15, 0.2) is 24.3 Å². The number of rotatable bonds is 4. The second-order valence-electron chi connectivity index (χ2n) is 6.16. The van der Waals surface area contributed by atoms with Crippen LogP contribution in [0.1, 0.15) is 40.1 Å². The van der Waals surface area contributed by atoms with E-state index in [1.807, 2.05) is 0 Å². The first-order valence-corrected chi connectivity index (χ1v) is 8.00. The van der Waals surface area contributed by atoms with Crippen LogP contribution in [0, 0.1) is 0 Å². The fourth-order valence-electron chi connectivity index (χ4n) is 2.89. The van der Waals surface area contributed by atoms with E-state index in [9.17, 15) is 37.0 Å². The molecule has 0 bridgehead atoms. The van der Waals surface area contributed by atoms with E-state index in [4.69, 9.17) is 0 Å². The maximum absolute atomic E-state index is 13.4. The number of aliphatic hydroxyl groups is 2. The molecule has 0 spiro atoms. The van der Waals surface area contributed by atoms with Crippen LogP contribution >= 0.6 is 0 Å². The Morgan fingerprint density at radius 3 is 2.32 bits per heavy atom. The van der Waals surface area contributed by atoms with Gasteiger partial charge < -0.3 is 20.8 Å². The molecule has 2 atom stereocenters. The Kier molecular flexibility index (Phi) is 4.79. The Bertz CT molecular complexity index is 895. The fourth-order valence-corrected chi connectivity index (χ4v) is 2.89. The van der Waals surface area contributed by atoms with Crippen molar-refractivity contribution in [3.63, 3.8) is 0 Å². The Morgan fingerprint density at radius 2 is 1.79 bits per heavy atom. The largest absolute Gasteiger partial charge is 0.458 e. The van der Waals surface area contributed by atoms with E-state index in [0.717, 1.165) is 12.1 Å². The highest BCUT2D eigenvalue weighted by atomic mass is 19.4. The van der Waals surface area contributed by atoms with E-state index in [1.54, 1.807) is 6.92 Å². The van der Waals surface area contributed by atoms with Crippen LogP contribution in [0.25, 0.3) is 0 Å². The molecule has 1 aromatic heterocycles. The Morgan fingerprint density at radius 1 is 1.18 bits per heavy atom. The van der Waals surface area contributed by atoms with Crippen molar-refractivity contribution in [1.29, 1.82) is 0 Å². The zero-order chi connectivity index (χ0) is 20.9. The lowest BCUT2D eigenvalue weighted by molar-refractivity contribution is -0.289. The van der Waals surface area contributed by atoms with Gasteiger partial charge in [-0.1, -0.05) is 24.3 Å². The molecule has 1 amide bonds. The number of halogens is 5. The van der Waals surface area contributed by atoms with Crippen molar-refractivity contribution in [3.8, 4) is 0 Å². The number of benzene rings is 1. The normalized spacial score (nSPS) is 18.3. The SMILES string of the molecule is CC(c1ccc(C(F)(F)C(F)(F)F)cc1)n1nc(CO)c2c1NC(O)NC2=O. The van der Waals surface area contributed by atoms with Crippen LogP contribution in [0.4, 0.5) is 27.8 Å². The van der Waals surface area contributed by atoms with Crippen LogP contribution < -0.4 is 10.6 Å². The standard InChI is InChI=1S/C16H15F5N4O3/c1-7(8-2-4-9(5-3-8)15(17,18)16(19,20)21)25-12-11(10(6-26)24-25)13(27)23-14(28)22-12/h2-5,7,14,22,26,28H,6H2,1H3,(H,23,27). The number of hydrogen-bond donors (Lipinski definition) is 4. The number of amides is 1. The third-order valence-corrected chi connectivity index (χ3v) is 4.38. The zero-order valence-corrected chi connectivity index (χ0v) is 14.3. The number of fused-ring (bicyclic) bond motifs is 1. The molecule has 1 aromatic carbocycles. The van der Waals surface area contributed by atoms with Crippen LogP contribution in [-0.4, -0.2) is 38.4 Å². The molecule has 2 heterocycles. The molecule has 0 saturated heterocycles. The molecule has 1 aliphatic heterocycles. The summed E-state index contributed by atoms with van der Waals surface area (Å²) in [5, 5.41) is 27.9. The molecule has 0 fully saturated rings. The summed E-state index contributed by atoms with van der Waals surface area (Å²) in [6.07, 6.45) is -7.13. The van der Waals surface area contributed by atoms with Gasteiger partial charge in [-0.15, -0.1) is 0 Å². The maximum Gasteiger partial charge on any atom is 0.458 e. The average molecular weight is 406 g/mol. The number of carbonyl (C=O) groups excluding carboxylic acids is 1. The van der Waals surface area contributed by atoms with E-state index >= 15 is 0 Å². The molecule has 3 rings (SSSR count). The van der Waals surface area contributed by atoms with E-state index in [2.05, 4.69) is 15.7 Å². The van der Waals surface area contributed by atoms with Crippen molar-refractivity contribution in [3.05, 3.63) is 46.6 Å². The summed E-state index contributed by atoms with van der Waals surface area (Å²) in [6, 6.07) is 2.79. The number of hydrogen-bond acceptors (Lipinski definition) is 5. The minimum absolute atomic E-state index is 0.000116. The number of nitrogens with one attached hydrogen (secondary N) is 2. The molecule has 2 unspecified atom stereocenters. The van der Waals surface area contributed by atoms with Gasteiger partial charge in [0.2, 0.25) is 6.35 Å². The minimum Gasteiger partial charge on any atom is -0.390 e. The summed E-state index contributed by atoms with van der Waals surface area (Å²) in [4.78, 5) is 12.0. The quantitative estimate of drug-likeness (QED) is 0.583. The minimum atomic E-state index is -5.72. The van der Waals surface area contributed by atoms with Crippen molar-refractivity contribution >= 4 is 11.7 Å². The number of anilines is 1. The Hall–Kier alpha value is -2.73. The summed E-state index contributed by atoms with van der Waals surface area (Å²) < 4.78 is 65.6. The first-order chi connectivity index (χ1) is 13.0. The van der Waals surface area contributed by atoms with Crippen LogP contribution in [-0.2, 0) is 12.5 Å². The Balaban J connectivity index is 1.98. The van der Waals surface area contributed by atoms with Gasteiger partial charge in [-0.05, 0) is 12.5 Å². The van der Waals surface area contributed by atoms with Crippen LogP contribution in [0.3, 0.4) is 0 Å². The van der Waals surface area contributed by atoms with Crippen LogP contribution in [0.2, 0.25) is 0 Å². The van der Waals surface area contributed by atoms with Crippen molar-refractivity contribution in [1.82, 2.24) is 15.1 Å². The third-order valence-electron chi connectivity index (χ3n) is 4.38. The molecule has 0 aliphatic carbocycles. The van der Waals surface area contributed by atoms with Crippen molar-refractivity contribution in [2.24, 2.45) is 0 Å². The third kappa shape index (κ3) is 3.18. The topological polar surface area (TPSA) is 99.4 Å². The molecule has 152 valence electrons. The molecular formula is C16H15F5N4O3. The predicted molar refractivity (Wildman–Crippen MR) is 85.4 cm³/mol. The van der Waals surface area contributed by atoms with Gasteiger partial charge in [-0.3, -0.25) is 4.79 Å². The molecule has 28 heavy (non-hydrogen) atoms. The molecule has 7 nitrogen and oxygen atoms in total. The smallest absolute Gasteiger partial charge is 0.390 e. The van der Waals surface area contributed by atoms with E-state index in [1.165, 1.54) is 4.68 Å². The fraction of sp³-hybridized carbons (Fsp3) is 0.375. The van der Waals surface area contributed by atoms with Gasteiger partial charge in [0.1, 0.15) is 17.1 Å². The van der Waals surface area contributed by atoms with Gasteiger partial charge in [-0.25, -0.2) is 4.68 Å². The lowest BCUT2D eigenvalue weighted by atomic mass is 10.0. The highest BCUT2D eigenvalue weighted by Crippen LogP contribution is 2.44. The molecular weight excluding hydrogens is 391 g/mol. The van der Waals surface area contributed by atoms with Gasteiger partial charge in [0, 0.05) is 5.56 Å². The zero-order valence-electron chi connectivity index (χ0n) is 14.3. The summed E-state index contributed by atoms with van der Waals surface area (Å²) in [7, 11) is 0. The highest BCUT2D eigenvalue weighted by Gasteiger charge is 2.58. The molecule has 2 aromatic rings. The predicted octanol–water partition coefficient (Wildman–Crippen LogP) is 2.07. The molecule has 0 radical (unpaired) electrons. The van der Waals surface area contributed by atoms with E-state index in [0.29, 0.717) is 17.7 Å². The van der Waals surface area contributed by atoms with Gasteiger partial charge >= 0.3 is 12.1 Å². The van der Waals surface area contributed by atoms with Gasteiger partial charge in [0.05, 0.1) is 12.6 Å². The number of carbonyl (C=O) groups is 1. The summed E-state index contributed by atoms with van der Waals surface area (Å²) in [5.41, 5.74) is -0.875. The highest BCUT2D eigenvalue weighted by molar-refractivity contribution is 6.01. The molecule has 12 heteroatoms. The second kappa shape index (κ2) is 6.71. The number of aliphatic hydroxyl groups excluding tert-OH is 2. The van der Waals surface area contributed by atoms with Crippen LogP contribution in [0.5, 0.6) is 0 Å². The first kappa shape index (κ1) is 20.0. The van der Waals surface area contributed by atoms with Crippen molar-refractivity contribution in [2.45, 2.75) is 38.0 Å². The monoisotopic (exact) mass is 406 g/mol. The number of alkyl halides is 5.